The topological polar surface area (TPSA) is 65.5 Å². The van der Waals surface area contributed by atoms with Crippen molar-refractivity contribution in [2.75, 3.05) is 18.4 Å². The number of hydrogen-bond acceptors (Lipinski definition) is 4. The van der Waals surface area contributed by atoms with Gasteiger partial charge >= 0.3 is 6.03 Å². The SMILES string of the molecule is CC(C)c1sc(NC(=O)N2CC[C@H](O)C2)nc1-c1ccccc1. The summed E-state index contributed by atoms with van der Waals surface area (Å²) >= 11 is 1.52. The van der Waals surface area contributed by atoms with Crippen molar-refractivity contribution in [3.8, 4) is 11.3 Å². The van der Waals surface area contributed by atoms with Crippen molar-refractivity contribution in [3.05, 3.63) is 35.2 Å². The second-order valence-corrected chi connectivity index (χ2v) is 7.10. The standard InChI is InChI=1S/C17H21N3O2S/c1-11(2)15-14(12-6-4-3-5-7-12)18-16(23-15)19-17(22)20-9-8-13(21)10-20/h3-7,11,13,21H,8-10H2,1-2H3,(H,18,19,22)/t13-/m0/s1. The molecule has 0 radical (unpaired) electrons. The summed E-state index contributed by atoms with van der Waals surface area (Å²) in [6.45, 7) is 5.23. The number of hydrogen-bond donors (Lipinski definition) is 2. The van der Waals surface area contributed by atoms with Crippen molar-refractivity contribution in [2.24, 2.45) is 0 Å². The Hall–Kier alpha value is -1.92. The van der Waals surface area contributed by atoms with Crippen molar-refractivity contribution in [1.82, 2.24) is 9.88 Å². The number of aromatic nitrogens is 1. The van der Waals surface area contributed by atoms with Crippen LogP contribution in [0.4, 0.5) is 9.93 Å². The summed E-state index contributed by atoms with van der Waals surface area (Å²) in [5, 5.41) is 13.0. The monoisotopic (exact) mass is 331 g/mol. The van der Waals surface area contributed by atoms with Gasteiger partial charge in [0, 0.05) is 23.5 Å². The third-order valence-corrected chi connectivity index (χ3v) is 5.16. The molecule has 23 heavy (non-hydrogen) atoms. The van der Waals surface area contributed by atoms with Crippen LogP contribution in [-0.2, 0) is 0 Å². The number of nitrogens with zero attached hydrogens (tertiary/aromatic N) is 2. The number of amides is 2. The van der Waals surface area contributed by atoms with Crippen LogP contribution in [0.2, 0.25) is 0 Å². The Balaban J connectivity index is 1.82. The fraction of sp³-hybridized carbons (Fsp3) is 0.412. The van der Waals surface area contributed by atoms with E-state index in [1.807, 2.05) is 30.3 Å². The maximum Gasteiger partial charge on any atom is 0.323 e. The van der Waals surface area contributed by atoms with Gasteiger partial charge in [-0.25, -0.2) is 9.78 Å². The minimum absolute atomic E-state index is 0.190. The van der Waals surface area contributed by atoms with Crippen LogP contribution in [-0.4, -0.2) is 40.2 Å². The Morgan fingerprint density at radius 3 is 2.74 bits per heavy atom. The van der Waals surface area contributed by atoms with Gasteiger partial charge in [-0.3, -0.25) is 5.32 Å². The molecule has 0 aliphatic carbocycles. The van der Waals surface area contributed by atoms with E-state index in [2.05, 4.69) is 24.1 Å². The normalized spacial score (nSPS) is 17.7. The summed E-state index contributed by atoms with van der Waals surface area (Å²) in [7, 11) is 0. The average Bonchev–Trinajstić information content (AvgIpc) is 3.15. The van der Waals surface area contributed by atoms with Crippen LogP contribution >= 0.6 is 11.3 Å². The molecule has 122 valence electrons. The van der Waals surface area contributed by atoms with Gasteiger partial charge < -0.3 is 10.0 Å². The summed E-state index contributed by atoms with van der Waals surface area (Å²) in [6, 6.07) is 9.83. The average molecular weight is 331 g/mol. The minimum Gasteiger partial charge on any atom is -0.391 e. The van der Waals surface area contributed by atoms with Crippen LogP contribution in [0.1, 0.15) is 31.1 Å². The maximum absolute atomic E-state index is 12.3. The molecule has 1 atom stereocenters. The van der Waals surface area contributed by atoms with Crippen LogP contribution in [0.3, 0.4) is 0 Å². The molecule has 2 aromatic rings. The lowest BCUT2D eigenvalue weighted by Gasteiger charge is -2.14. The summed E-state index contributed by atoms with van der Waals surface area (Å²) in [5.74, 6) is 0.335. The van der Waals surface area contributed by atoms with E-state index in [0.717, 1.165) is 16.1 Å². The fourth-order valence-electron chi connectivity index (χ4n) is 2.68. The number of carbonyl (C=O) groups is 1. The second-order valence-electron chi connectivity index (χ2n) is 6.07. The molecule has 1 aliphatic heterocycles. The summed E-state index contributed by atoms with van der Waals surface area (Å²) in [4.78, 5) is 19.7. The van der Waals surface area contributed by atoms with Crippen LogP contribution in [0, 0.1) is 0 Å². The number of rotatable bonds is 3. The van der Waals surface area contributed by atoms with E-state index in [0.29, 0.717) is 30.6 Å². The smallest absolute Gasteiger partial charge is 0.323 e. The van der Waals surface area contributed by atoms with E-state index >= 15 is 0 Å². The van der Waals surface area contributed by atoms with Crippen LogP contribution in [0.25, 0.3) is 11.3 Å². The number of β-amino-alcohol motifs (C(OH)–C–C–N with tert-alkyl or cyclic N) is 1. The van der Waals surface area contributed by atoms with Gasteiger partial charge in [0.25, 0.3) is 0 Å². The molecule has 0 unspecified atom stereocenters. The van der Waals surface area contributed by atoms with Crippen LogP contribution in [0.5, 0.6) is 0 Å². The fourth-order valence-corrected chi connectivity index (χ4v) is 3.66. The molecular weight excluding hydrogens is 310 g/mol. The highest BCUT2D eigenvalue weighted by molar-refractivity contribution is 7.16. The lowest BCUT2D eigenvalue weighted by Crippen LogP contribution is -2.33. The van der Waals surface area contributed by atoms with Gasteiger partial charge in [0.05, 0.1) is 11.8 Å². The Labute approximate surface area is 140 Å². The van der Waals surface area contributed by atoms with Gasteiger partial charge in [-0.2, -0.15) is 0 Å². The van der Waals surface area contributed by atoms with Crippen LogP contribution < -0.4 is 5.32 Å². The summed E-state index contributed by atoms with van der Waals surface area (Å²) in [6.07, 6.45) is 0.223. The third-order valence-electron chi connectivity index (χ3n) is 3.89. The number of nitrogens with one attached hydrogen (secondary N) is 1. The first-order chi connectivity index (χ1) is 11.0. The molecule has 1 fully saturated rings. The van der Waals surface area contributed by atoms with Gasteiger partial charge in [0.2, 0.25) is 0 Å². The molecule has 1 saturated heterocycles. The molecule has 1 aliphatic rings. The maximum atomic E-state index is 12.3. The predicted octanol–water partition coefficient (Wildman–Crippen LogP) is 3.53. The first-order valence-corrected chi connectivity index (χ1v) is 8.66. The first-order valence-electron chi connectivity index (χ1n) is 7.84. The number of likely N-dealkylation sites (tertiary alicyclic amines) is 1. The van der Waals surface area contributed by atoms with Gasteiger partial charge in [0.15, 0.2) is 5.13 Å². The largest absolute Gasteiger partial charge is 0.391 e. The second kappa shape index (κ2) is 6.68. The van der Waals surface area contributed by atoms with Gasteiger partial charge in [-0.05, 0) is 12.3 Å². The number of urea groups is 1. The molecule has 2 amide bonds. The molecule has 6 heteroatoms. The predicted molar refractivity (Wildman–Crippen MR) is 92.9 cm³/mol. The quantitative estimate of drug-likeness (QED) is 0.904. The third kappa shape index (κ3) is 3.54. The zero-order chi connectivity index (χ0) is 16.4. The highest BCUT2D eigenvalue weighted by Crippen LogP contribution is 2.36. The zero-order valence-electron chi connectivity index (χ0n) is 13.3. The number of anilines is 1. The van der Waals surface area contributed by atoms with Gasteiger partial charge in [-0.15, -0.1) is 11.3 Å². The number of carbonyl (C=O) groups excluding carboxylic acids is 1. The number of aliphatic hydroxyl groups excluding tert-OH is 1. The lowest BCUT2D eigenvalue weighted by molar-refractivity contribution is 0.176. The number of aliphatic hydroxyl groups is 1. The summed E-state index contributed by atoms with van der Waals surface area (Å²) < 4.78 is 0. The Kier molecular flexibility index (Phi) is 4.63. The Morgan fingerprint density at radius 1 is 1.39 bits per heavy atom. The molecule has 0 saturated carbocycles. The summed E-state index contributed by atoms with van der Waals surface area (Å²) in [5.41, 5.74) is 1.99. The highest BCUT2D eigenvalue weighted by Gasteiger charge is 2.25. The Morgan fingerprint density at radius 2 is 2.13 bits per heavy atom. The molecule has 5 nitrogen and oxygen atoms in total. The van der Waals surface area contributed by atoms with E-state index in [-0.39, 0.29) is 6.03 Å². The van der Waals surface area contributed by atoms with E-state index in [1.165, 1.54) is 11.3 Å². The van der Waals surface area contributed by atoms with E-state index in [1.54, 1.807) is 4.90 Å². The highest BCUT2D eigenvalue weighted by atomic mass is 32.1. The van der Waals surface area contributed by atoms with Crippen LogP contribution in [0.15, 0.2) is 30.3 Å². The van der Waals surface area contributed by atoms with Crippen molar-refractivity contribution in [2.45, 2.75) is 32.3 Å². The van der Waals surface area contributed by atoms with Crippen molar-refractivity contribution < 1.29 is 9.90 Å². The van der Waals surface area contributed by atoms with Gasteiger partial charge in [0.1, 0.15) is 0 Å². The van der Waals surface area contributed by atoms with E-state index < -0.39 is 6.10 Å². The van der Waals surface area contributed by atoms with Crippen molar-refractivity contribution in [3.63, 3.8) is 0 Å². The molecule has 0 spiro atoms. The zero-order valence-corrected chi connectivity index (χ0v) is 14.1. The van der Waals surface area contributed by atoms with E-state index in [4.69, 9.17) is 0 Å². The molecule has 2 N–H and O–H groups in total. The van der Waals surface area contributed by atoms with Crippen molar-refractivity contribution >= 4 is 22.5 Å². The molecule has 0 bridgehead atoms. The lowest BCUT2D eigenvalue weighted by atomic mass is 10.1. The first kappa shape index (κ1) is 16.0. The molecule has 1 aromatic carbocycles. The molecule has 1 aromatic heterocycles. The molecule has 2 heterocycles. The van der Waals surface area contributed by atoms with Crippen molar-refractivity contribution in [1.29, 1.82) is 0 Å². The van der Waals surface area contributed by atoms with E-state index in [9.17, 15) is 9.90 Å². The number of benzene rings is 1. The number of thiazole rings is 1. The minimum atomic E-state index is -0.414. The molecule has 3 rings (SSSR count). The Bertz CT molecular complexity index is 684. The van der Waals surface area contributed by atoms with Gasteiger partial charge in [-0.1, -0.05) is 44.2 Å². The molecular formula is C17H21N3O2S.